The molecule has 2 aliphatic carbocycles. The van der Waals surface area contributed by atoms with Gasteiger partial charge in [-0.2, -0.15) is 13.2 Å². The van der Waals surface area contributed by atoms with Crippen LogP contribution < -0.4 is 0 Å². The van der Waals surface area contributed by atoms with Gasteiger partial charge in [0.2, 0.25) is 11.8 Å². The van der Waals surface area contributed by atoms with Gasteiger partial charge in [-0.25, -0.2) is 0 Å². The van der Waals surface area contributed by atoms with Gasteiger partial charge in [0.05, 0.1) is 18.7 Å². The first kappa shape index (κ1) is 27.2. The van der Waals surface area contributed by atoms with Crippen molar-refractivity contribution in [2.45, 2.75) is 70.3 Å². The van der Waals surface area contributed by atoms with Crippen molar-refractivity contribution in [1.82, 2.24) is 14.4 Å². The second-order valence-corrected chi connectivity index (χ2v) is 10.2. The van der Waals surface area contributed by atoms with E-state index in [4.69, 9.17) is 4.74 Å². The van der Waals surface area contributed by atoms with Crippen LogP contribution in [0.25, 0.3) is 0 Å². The van der Waals surface area contributed by atoms with Crippen molar-refractivity contribution in [2.24, 2.45) is 5.92 Å². The fraction of sp³-hybridized carbons (Fsp3) is 0.571. The van der Waals surface area contributed by atoms with Gasteiger partial charge in [0, 0.05) is 44.0 Å². The fourth-order valence-corrected chi connectivity index (χ4v) is 5.08. The van der Waals surface area contributed by atoms with E-state index >= 15 is 0 Å². The average molecular weight is 520 g/mol. The Labute approximate surface area is 216 Å². The molecule has 2 aromatic rings. The summed E-state index contributed by atoms with van der Waals surface area (Å²) < 4.78 is 46.6. The van der Waals surface area contributed by atoms with Gasteiger partial charge >= 0.3 is 6.18 Å². The second-order valence-electron chi connectivity index (χ2n) is 10.2. The van der Waals surface area contributed by atoms with Crippen molar-refractivity contribution in [3.05, 3.63) is 59.4 Å². The Kier molecular flexibility index (Phi) is 8.95. The standard InChI is InChI=1S/C28H36F3N3O3/c1-37-16-15-33(26(35)20-34(24-12-13-24)27(36)22-8-3-2-4-9-22)19-25-11-6-14-32(25)18-21-7-5-10-23(17-21)28(29,30)31/h5-7,10-11,14,17,22,24H,2-4,8-9,12-13,15-16,18-20H2,1H3. The molecule has 2 saturated carbocycles. The number of rotatable bonds is 11. The summed E-state index contributed by atoms with van der Waals surface area (Å²) in [5, 5.41) is 0. The van der Waals surface area contributed by atoms with E-state index in [1.54, 1.807) is 29.2 Å². The lowest BCUT2D eigenvalue weighted by molar-refractivity contribution is -0.144. The third-order valence-corrected chi connectivity index (χ3v) is 7.33. The number of carbonyl (C=O) groups excluding carboxylic acids is 2. The number of alkyl halides is 3. The molecule has 202 valence electrons. The number of ether oxygens (including phenoxy) is 1. The Morgan fingerprint density at radius 3 is 2.49 bits per heavy atom. The summed E-state index contributed by atoms with van der Waals surface area (Å²) in [4.78, 5) is 30.2. The van der Waals surface area contributed by atoms with E-state index in [0.717, 1.165) is 62.8 Å². The van der Waals surface area contributed by atoms with E-state index in [9.17, 15) is 22.8 Å². The summed E-state index contributed by atoms with van der Waals surface area (Å²) in [7, 11) is 1.57. The lowest BCUT2D eigenvalue weighted by atomic mass is 9.88. The van der Waals surface area contributed by atoms with Crippen LogP contribution in [-0.4, -0.2) is 59.0 Å². The van der Waals surface area contributed by atoms with Gasteiger partial charge in [-0.3, -0.25) is 9.59 Å². The van der Waals surface area contributed by atoms with Crippen LogP contribution in [0.4, 0.5) is 13.2 Å². The summed E-state index contributed by atoms with van der Waals surface area (Å²) in [6.45, 7) is 1.30. The Bertz CT molecular complexity index is 1060. The molecule has 0 spiro atoms. The molecular formula is C28H36F3N3O3. The van der Waals surface area contributed by atoms with E-state index in [1.807, 2.05) is 16.7 Å². The molecule has 2 aliphatic rings. The van der Waals surface area contributed by atoms with E-state index in [1.165, 1.54) is 6.07 Å². The first-order chi connectivity index (χ1) is 17.8. The van der Waals surface area contributed by atoms with Gasteiger partial charge < -0.3 is 19.1 Å². The molecule has 0 radical (unpaired) electrons. The number of hydrogen-bond acceptors (Lipinski definition) is 3. The molecule has 6 nitrogen and oxygen atoms in total. The molecule has 1 aromatic carbocycles. The number of amides is 2. The number of benzene rings is 1. The summed E-state index contributed by atoms with van der Waals surface area (Å²) in [6.07, 6.45) is 4.35. The van der Waals surface area contributed by atoms with Gasteiger partial charge in [-0.15, -0.1) is 0 Å². The fourth-order valence-electron chi connectivity index (χ4n) is 5.08. The van der Waals surface area contributed by atoms with Crippen molar-refractivity contribution in [3.63, 3.8) is 0 Å². The van der Waals surface area contributed by atoms with Crippen LogP contribution in [0.15, 0.2) is 42.6 Å². The molecule has 2 amide bonds. The smallest absolute Gasteiger partial charge is 0.383 e. The largest absolute Gasteiger partial charge is 0.416 e. The van der Waals surface area contributed by atoms with Crippen LogP contribution in [-0.2, 0) is 33.6 Å². The topological polar surface area (TPSA) is 54.8 Å². The Balaban J connectivity index is 1.46. The SMILES string of the molecule is COCCN(Cc1cccn1Cc1cccc(C(F)(F)F)c1)C(=O)CN(C(=O)C1CCCCC1)C1CC1. The minimum absolute atomic E-state index is 0.0132. The van der Waals surface area contributed by atoms with Gasteiger partial charge in [-0.05, 0) is 55.5 Å². The molecule has 37 heavy (non-hydrogen) atoms. The third-order valence-electron chi connectivity index (χ3n) is 7.33. The van der Waals surface area contributed by atoms with Gasteiger partial charge in [0.1, 0.15) is 6.54 Å². The first-order valence-corrected chi connectivity index (χ1v) is 13.1. The van der Waals surface area contributed by atoms with E-state index in [-0.39, 0.29) is 43.4 Å². The Morgan fingerprint density at radius 2 is 1.81 bits per heavy atom. The lowest BCUT2D eigenvalue weighted by Crippen LogP contribution is -2.46. The predicted molar refractivity (Wildman–Crippen MR) is 134 cm³/mol. The normalized spacial score (nSPS) is 16.5. The van der Waals surface area contributed by atoms with Crippen LogP contribution in [0.5, 0.6) is 0 Å². The highest BCUT2D eigenvalue weighted by Crippen LogP contribution is 2.32. The molecule has 0 bridgehead atoms. The maximum absolute atomic E-state index is 13.5. The van der Waals surface area contributed by atoms with Crippen LogP contribution in [0, 0.1) is 5.92 Å². The molecular weight excluding hydrogens is 483 g/mol. The van der Waals surface area contributed by atoms with Crippen molar-refractivity contribution < 1.29 is 27.5 Å². The zero-order valence-corrected chi connectivity index (χ0v) is 21.4. The third kappa shape index (κ3) is 7.37. The number of carbonyl (C=O) groups is 2. The predicted octanol–water partition coefficient (Wildman–Crippen LogP) is 5.10. The van der Waals surface area contributed by atoms with Crippen molar-refractivity contribution in [2.75, 3.05) is 26.8 Å². The minimum Gasteiger partial charge on any atom is -0.383 e. The molecule has 2 fully saturated rings. The van der Waals surface area contributed by atoms with Crippen molar-refractivity contribution in [1.29, 1.82) is 0 Å². The van der Waals surface area contributed by atoms with E-state index in [0.29, 0.717) is 18.7 Å². The maximum Gasteiger partial charge on any atom is 0.416 e. The lowest BCUT2D eigenvalue weighted by Gasteiger charge is -2.31. The number of hydrogen-bond donors (Lipinski definition) is 0. The van der Waals surface area contributed by atoms with E-state index < -0.39 is 11.7 Å². The zero-order valence-electron chi connectivity index (χ0n) is 21.4. The summed E-state index contributed by atoms with van der Waals surface area (Å²) in [6, 6.07) is 9.13. The molecule has 0 saturated heterocycles. The Morgan fingerprint density at radius 1 is 1.05 bits per heavy atom. The van der Waals surface area contributed by atoms with Gasteiger partial charge in [0.15, 0.2) is 0 Å². The number of methoxy groups -OCH3 is 1. The van der Waals surface area contributed by atoms with Crippen LogP contribution in [0.3, 0.4) is 0 Å². The average Bonchev–Trinajstić information content (AvgIpc) is 3.64. The molecule has 0 atom stereocenters. The summed E-state index contributed by atoms with van der Waals surface area (Å²) >= 11 is 0. The van der Waals surface area contributed by atoms with Crippen molar-refractivity contribution in [3.8, 4) is 0 Å². The Hall–Kier alpha value is -2.81. The highest BCUT2D eigenvalue weighted by Gasteiger charge is 2.38. The highest BCUT2D eigenvalue weighted by molar-refractivity contribution is 5.86. The van der Waals surface area contributed by atoms with Crippen molar-refractivity contribution >= 4 is 11.8 Å². The number of aromatic nitrogens is 1. The molecule has 0 N–H and O–H groups in total. The molecule has 0 aliphatic heterocycles. The monoisotopic (exact) mass is 519 g/mol. The van der Waals surface area contributed by atoms with E-state index in [2.05, 4.69) is 0 Å². The van der Waals surface area contributed by atoms with Crippen LogP contribution in [0.1, 0.15) is 61.8 Å². The molecule has 9 heteroatoms. The first-order valence-electron chi connectivity index (χ1n) is 13.1. The number of halogens is 3. The number of nitrogens with zero attached hydrogens (tertiary/aromatic N) is 3. The molecule has 1 heterocycles. The molecule has 4 rings (SSSR count). The molecule has 1 aromatic heterocycles. The quantitative estimate of drug-likeness (QED) is 0.415. The highest BCUT2D eigenvalue weighted by atomic mass is 19.4. The van der Waals surface area contributed by atoms with Gasteiger partial charge in [0.25, 0.3) is 0 Å². The van der Waals surface area contributed by atoms with Crippen LogP contribution >= 0.6 is 0 Å². The second kappa shape index (κ2) is 12.2. The maximum atomic E-state index is 13.5. The summed E-state index contributed by atoms with van der Waals surface area (Å²) in [5.74, 6) is -0.0191. The van der Waals surface area contributed by atoms with Gasteiger partial charge in [-0.1, -0.05) is 31.4 Å². The molecule has 0 unspecified atom stereocenters. The minimum atomic E-state index is -4.40. The zero-order chi connectivity index (χ0) is 26.4. The van der Waals surface area contributed by atoms with Crippen LogP contribution in [0.2, 0.25) is 0 Å². The summed E-state index contributed by atoms with van der Waals surface area (Å²) in [5.41, 5.74) is 0.650.